The number of carbonyl (C=O) groups is 1. The normalized spacial score (nSPS) is 13.8. The maximum atomic E-state index is 11.0. The van der Waals surface area contributed by atoms with Gasteiger partial charge in [0.25, 0.3) is 0 Å². The molecule has 2 rings (SSSR count). The van der Waals surface area contributed by atoms with Gasteiger partial charge in [0.1, 0.15) is 0 Å². The molecule has 0 saturated carbocycles. The lowest BCUT2D eigenvalue weighted by Gasteiger charge is -2.09. The molecule has 98 valence electrons. The molecule has 5 nitrogen and oxygen atoms in total. The van der Waals surface area contributed by atoms with Gasteiger partial charge in [0, 0.05) is 12.8 Å². The highest BCUT2D eigenvalue weighted by molar-refractivity contribution is 5.75. The van der Waals surface area contributed by atoms with Crippen LogP contribution in [0.25, 0.3) is 0 Å². The number of hydrogen-bond donors (Lipinski definition) is 2. The van der Waals surface area contributed by atoms with Crippen molar-refractivity contribution in [2.45, 2.75) is 25.7 Å². The van der Waals surface area contributed by atoms with Crippen LogP contribution in [0.5, 0.6) is 11.5 Å². The van der Waals surface area contributed by atoms with E-state index in [2.05, 4.69) is 5.43 Å². The first kappa shape index (κ1) is 12.7. The molecule has 1 aliphatic heterocycles. The van der Waals surface area contributed by atoms with Crippen LogP contribution in [0.3, 0.4) is 0 Å². The van der Waals surface area contributed by atoms with E-state index in [1.807, 2.05) is 18.2 Å². The number of amides is 1. The molecule has 0 fully saturated rings. The molecular weight excluding hydrogens is 232 g/mol. The molecule has 0 aliphatic carbocycles. The van der Waals surface area contributed by atoms with Gasteiger partial charge in [0.05, 0.1) is 13.2 Å². The molecule has 18 heavy (non-hydrogen) atoms. The van der Waals surface area contributed by atoms with Crippen LogP contribution in [-0.4, -0.2) is 19.1 Å². The third-order valence-corrected chi connectivity index (χ3v) is 2.84. The molecule has 0 atom stereocenters. The minimum Gasteiger partial charge on any atom is -0.490 e. The number of nitrogens with two attached hydrogens (primary N) is 1. The Bertz CT molecular complexity index is 421. The van der Waals surface area contributed by atoms with Gasteiger partial charge in [-0.2, -0.15) is 0 Å². The Morgan fingerprint density at radius 2 is 2.06 bits per heavy atom. The Labute approximate surface area is 106 Å². The van der Waals surface area contributed by atoms with Crippen molar-refractivity contribution in [3.8, 4) is 11.5 Å². The summed E-state index contributed by atoms with van der Waals surface area (Å²) >= 11 is 0. The summed E-state index contributed by atoms with van der Waals surface area (Å²) in [6.07, 6.45) is 2.93. The molecule has 0 saturated heterocycles. The fourth-order valence-corrected chi connectivity index (χ4v) is 1.89. The summed E-state index contributed by atoms with van der Waals surface area (Å²) in [5.74, 6) is 6.49. The summed E-state index contributed by atoms with van der Waals surface area (Å²) in [6, 6.07) is 5.92. The maximum Gasteiger partial charge on any atom is 0.233 e. The van der Waals surface area contributed by atoms with Crippen molar-refractivity contribution in [1.29, 1.82) is 0 Å². The zero-order valence-corrected chi connectivity index (χ0v) is 10.3. The number of fused-ring (bicyclic) bond motifs is 1. The largest absolute Gasteiger partial charge is 0.490 e. The number of nitrogens with one attached hydrogen (secondary N) is 1. The lowest BCUT2D eigenvalue weighted by molar-refractivity contribution is -0.121. The molecular formula is C13H18N2O3. The zero-order chi connectivity index (χ0) is 12.8. The first-order chi connectivity index (χ1) is 8.79. The average Bonchev–Trinajstić information content (AvgIpc) is 2.63. The first-order valence-corrected chi connectivity index (χ1v) is 6.17. The Balaban J connectivity index is 1.93. The third-order valence-electron chi connectivity index (χ3n) is 2.84. The lowest BCUT2D eigenvalue weighted by Crippen LogP contribution is -2.29. The summed E-state index contributed by atoms with van der Waals surface area (Å²) in [4.78, 5) is 11.0. The summed E-state index contributed by atoms with van der Waals surface area (Å²) in [7, 11) is 0. The van der Waals surface area contributed by atoms with E-state index in [4.69, 9.17) is 15.3 Å². The van der Waals surface area contributed by atoms with Gasteiger partial charge in [0.2, 0.25) is 5.91 Å². The van der Waals surface area contributed by atoms with Crippen molar-refractivity contribution >= 4 is 5.91 Å². The average molecular weight is 250 g/mol. The molecule has 1 aromatic carbocycles. The topological polar surface area (TPSA) is 73.6 Å². The summed E-state index contributed by atoms with van der Waals surface area (Å²) in [6.45, 7) is 1.38. The SMILES string of the molecule is NNC(=O)CCCc1ccc2c(c1)OCCCO2. The van der Waals surface area contributed by atoms with Gasteiger partial charge in [-0.25, -0.2) is 5.84 Å². The Morgan fingerprint density at radius 1 is 1.28 bits per heavy atom. The van der Waals surface area contributed by atoms with Crippen LogP contribution in [-0.2, 0) is 11.2 Å². The van der Waals surface area contributed by atoms with Crippen LogP contribution in [0.4, 0.5) is 0 Å². The molecule has 1 aromatic rings. The first-order valence-electron chi connectivity index (χ1n) is 6.17. The van der Waals surface area contributed by atoms with E-state index in [9.17, 15) is 4.79 Å². The van der Waals surface area contributed by atoms with Gasteiger partial charge >= 0.3 is 0 Å². The summed E-state index contributed by atoms with van der Waals surface area (Å²) in [5.41, 5.74) is 3.27. The van der Waals surface area contributed by atoms with Crippen molar-refractivity contribution in [3.63, 3.8) is 0 Å². The van der Waals surface area contributed by atoms with Crippen LogP contribution in [0.1, 0.15) is 24.8 Å². The predicted octanol–water partition coefficient (Wildman–Crippen LogP) is 1.16. The van der Waals surface area contributed by atoms with Gasteiger partial charge in [-0.05, 0) is 30.5 Å². The Kier molecular flexibility index (Phi) is 4.41. The summed E-state index contributed by atoms with van der Waals surface area (Å²) < 4.78 is 11.2. The van der Waals surface area contributed by atoms with Crippen LogP contribution < -0.4 is 20.7 Å². The van der Waals surface area contributed by atoms with E-state index in [0.717, 1.165) is 36.3 Å². The molecule has 0 unspecified atom stereocenters. The smallest absolute Gasteiger partial charge is 0.233 e. The predicted molar refractivity (Wildman–Crippen MR) is 67.3 cm³/mol. The maximum absolute atomic E-state index is 11.0. The molecule has 1 aliphatic rings. The molecule has 0 radical (unpaired) electrons. The fraction of sp³-hybridized carbons (Fsp3) is 0.462. The van der Waals surface area contributed by atoms with Crippen molar-refractivity contribution in [1.82, 2.24) is 5.43 Å². The fourth-order valence-electron chi connectivity index (χ4n) is 1.89. The second kappa shape index (κ2) is 6.26. The van der Waals surface area contributed by atoms with E-state index in [-0.39, 0.29) is 5.91 Å². The van der Waals surface area contributed by atoms with Crippen molar-refractivity contribution in [3.05, 3.63) is 23.8 Å². The number of hydrazine groups is 1. The monoisotopic (exact) mass is 250 g/mol. The minimum absolute atomic E-state index is 0.135. The van der Waals surface area contributed by atoms with Crippen LogP contribution in [0, 0.1) is 0 Å². The highest BCUT2D eigenvalue weighted by atomic mass is 16.5. The lowest BCUT2D eigenvalue weighted by atomic mass is 10.1. The Hall–Kier alpha value is -1.75. The number of ether oxygens (including phenoxy) is 2. The van der Waals surface area contributed by atoms with Crippen LogP contribution >= 0.6 is 0 Å². The highest BCUT2D eigenvalue weighted by Crippen LogP contribution is 2.30. The number of benzene rings is 1. The standard InChI is InChI=1S/C13H18N2O3/c14-15-13(16)4-1-3-10-5-6-11-12(9-10)18-8-2-7-17-11/h5-6,9H,1-4,7-8,14H2,(H,15,16). The van der Waals surface area contributed by atoms with Gasteiger partial charge in [-0.3, -0.25) is 10.2 Å². The molecule has 0 spiro atoms. The van der Waals surface area contributed by atoms with Gasteiger partial charge in [-0.15, -0.1) is 0 Å². The van der Waals surface area contributed by atoms with Gasteiger partial charge in [-0.1, -0.05) is 6.07 Å². The van der Waals surface area contributed by atoms with E-state index in [0.29, 0.717) is 19.6 Å². The molecule has 3 N–H and O–H groups in total. The highest BCUT2D eigenvalue weighted by Gasteiger charge is 2.10. The van der Waals surface area contributed by atoms with Crippen molar-refractivity contribution < 1.29 is 14.3 Å². The second-order valence-electron chi connectivity index (χ2n) is 4.25. The molecule has 1 heterocycles. The van der Waals surface area contributed by atoms with Gasteiger partial charge in [0.15, 0.2) is 11.5 Å². The van der Waals surface area contributed by atoms with E-state index >= 15 is 0 Å². The minimum atomic E-state index is -0.135. The van der Waals surface area contributed by atoms with Crippen LogP contribution in [0.15, 0.2) is 18.2 Å². The van der Waals surface area contributed by atoms with E-state index in [1.165, 1.54) is 0 Å². The number of aryl methyl sites for hydroxylation is 1. The van der Waals surface area contributed by atoms with Crippen LogP contribution in [0.2, 0.25) is 0 Å². The van der Waals surface area contributed by atoms with Gasteiger partial charge < -0.3 is 9.47 Å². The Morgan fingerprint density at radius 3 is 2.83 bits per heavy atom. The molecule has 1 amide bonds. The summed E-state index contributed by atoms with van der Waals surface area (Å²) in [5, 5.41) is 0. The molecule has 5 heteroatoms. The quantitative estimate of drug-likeness (QED) is 0.478. The molecule has 0 bridgehead atoms. The number of hydrogen-bond acceptors (Lipinski definition) is 4. The zero-order valence-electron chi connectivity index (χ0n) is 10.3. The number of rotatable bonds is 4. The second-order valence-corrected chi connectivity index (χ2v) is 4.25. The number of carbonyl (C=O) groups excluding carboxylic acids is 1. The van der Waals surface area contributed by atoms with Crippen molar-refractivity contribution in [2.75, 3.05) is 13.2 Å². The van der Waals surface area contributed by atoms with Crippen molar-refractivity contribution in [2.24, 2.45) is 5.84 Å². The molecule has 0 aromatic heterocycles. The third kappa shape index (κ3) is 3.37. The van der Waals surface area contributed by atoms with E-state index in [1.54, 1.807) is 0 Å². The van der Waals surface area contributed by atoms with E-state index < -0.39 is 0 Å².